The lowest BCUT2D eigenvalue weighted by Gasteiger charge is -2.37. The third-order valence-electron chi connectivity index (χ3n) is 5.86. The van der Waals surface area contributed by atoms with E-state index in [1.807, 2.05) is 25.9 Å². The Morgan fingerprint density at radius 2 is 2.11 bits per heavy atom. The summed E-state index contributed by atoms with van der Waals surface area (Å²) >= 11 is 0. The number of carbonyl (C=O) groups is 2. The van der Waals surface area contributed by atoms with Crippen molar-refractivity contribution in [2.75, 3.05) is 47.4 Å². The third kappa shape index (κ3) is 6.56. The second-order valence-corrected chi connectivity index (χ2v) is 9.17. The number of carbonyl (C=O) groups excluding carboxylic acids is 2. The van der Waals surface area contributed by atoms with Gasteiger partial charge in [0.1, 0.15) is 11.7 Å². The summed E-state index contributed by atoms with van der Waals surface area (Å²) in [6, 6.07) is 4.72. The molecule has 0 radical (unpaired) electrons. The second-order valence-electron chi connectivity index (χ2n) is 9.17. The maximum Gasteiger partial charge on any atom is 0.259 e. The zero-order chi connectivity index (χ0) is 25.5. The number of fused-ring (bicyclic) bond motifs is 1. The molecule has 0 saturated heterocycles. The van der Waals surface area contributed by atoms with E-state index in [1.54, 1.807) is 54.4 Å². The second kappa shape index (κ2) is 11.8. The van der Waals surface area contributed by atoms with Crippen LogP contribution in [0.1, 0.15) is 40.1 Å². The number of ether oxygens (including phenoxy) is 1. The average molecular weight is 480 g/mol. The van der Waals surface area contributed by atoms with E-state index in [1.165, 1.54) is 6.20 Å². The van der Waals surface area contributed by atoms with Crippen molar-refractivity contribution in [1.29, 1.82) is 0 Å². The smallest absolute Gasteiger partial charge is 0.259 e. The predicted octanol–water partition coefficient (Wildman–Crippen LogP) is 1.38. The number of likely N-dealkylation sites (N-methyl/N-ethyl adjacent to an activating group) is 1. The fourth-order valence-corrected chi connectivity index (χ4v) is 3.75. The van der Waals surface area contributed by atoms with Crippen molar-refractivity contribution in [2.45, 2.75) is 26.0 Å². The highest BCUT2D eigenvalue weighted by Crippen LogP contribution is 2.27. The molecule has 186 valence electrons. The number of amides is 2. The van der Waals surface area contributed by atoms with E-state index in [9.17, 15) is 14.7 Å². The summed E-state index contributed by atoms with van der Waals surface area (Å²) in [6.07, 6.45) is 4.30. The van der Waals surface area contributed by atoms with E-state index in [0.717, 1.165) is 0 Å². The molecule has 9 nitrogen and oxygen atoms in total. The van der Waals surface area contributed by atoms with Crippen LogP contribution < -0.4 is 4.74 Å². The summed E-state index contributed by atoms with van der Waals surface area (Å²) in [4.78, 5) is 40.0. The molecule has 0 saturated carbocycles. The predicted molar refractivity (Wildman–Crippen MR) is 132 cm³/mol. The molecule has 0 bridgehead atoms. The molecule has 3 atom stereocenters. The molecule has 3 heterocycles. The van der Waals surface area contributed by atoms with Crippen LogP contribution in [0.25, 0.3) is 0 Å². The van der Waals surface area contributed by atoms with Gasteiger partial charge in [0.2, 0.25) is 5.88 Å². The van der Waals surface area contributed by atoms with Gasteiger partial charge in [-0.3, -0.25) is 19.5 Å². The summed E-state index contributed by atoms with van der Waals surface area (Å²) in [5, 5.41) is 9.81. The van der Waals surface area contributed by atoms with Gasteiger partial charge in [0, 0.05) is 43.7 Å². The van der Waals surface area contributed by atoms with Crippen molar-refractivity contribution in [3.8, 4) is 17.7 Å². The van der Waals surface area contributed by atoms with Gasteiger partial charge in [-0.2, -0.15) is 0 Å². The van der Waals surface area contributed by atoms with Gasteiger partial charge >= 0.3 is 0 Å². The molecule has 9 heteroatoms. The highest BCUT2D eigenvalue weighted by Gasteiger charge is 2.34. The lowest BCUT2D eigenvalue weighted by atomic mass is 9.99. The first-order chi connectivity index (χ1) is 16.7. The van der Waals surface area contributed by atoms with Gasteiger partial charge in [0.15, 0.2) is 0 Å². The Hall–Kier alpha value is -3.48. The van der Waals surface area contributed by atoms with E-state index in [2.05, 4.69) is 21.8 Å². The van der Waals surface area contributed by atoms with Crippen LogP contribution in [0.3, 0.4) is 0 Å². The third-order valence-corrected chi connectivity index (χ3v) is 5.86. The molecule has 0 aromatic carbocycles. The number of hydrogen-bond donors (Lipinski definition) is 1. The number of aliphatic hydroxyl groups excluding tert-OH is 1. The molecule has 1 aliphatic rings. The first-order valence-electron chi connectivity index (χ1n) is 11.6. The molecule has 0 unspecified atom stereocenters. The highest BCUT2D eigenvalue weighted by atomic mass is 16.5. The molecule has 1 aliphatic heterocycles. The minimum atomic E-state index is -0.431. The Morgan fingerprint density at radius 1 is 1.34 bits per heavy atom. The highest BCUT2D eigenvalue weighted by molar-refractivity contribution is 5.97. The summed E-state index contributed by atoms with van der Waals surface area (Å²) < 4.78 is 6.25. The summed E-state index contributed by atoms with van der Waals surface area (Å²) in [5.74, 6) is 5.71. The Balaban J connectivity index is 1.93. The summed E-state index contributed by atoms with van der Waals surface area (Å²) in [5.41, 5.74) is 1.38. The zero-order valence-corrected chi connectivity index (χ0v) is 20.9. The Kier molecular flexibility index (Phi) is 8.79. The number of rotatable bonds is 6. The van der Waals surface area contributed by atoms with Crippen molar-refractivity contribution in [1.82, 2.24) is 24.7 Å². The van der Waals surface area contributed by atoms with Crippen LogP contribution in [-0.2, 0) is 0 Å². The van der Waals surface area contributed by atoms with Gasteiger partial charge in [-0.15, -0.1) is 0 Å². The molecule has 35 heavy (non-hydrogen) atoms. The topological polar surface area (TPSA) is 99.1 Å². The fourth-order valence-electron chi connectivity index (χ4n) is 3.75. The van der Waals surface area contributed by atoms with Gasteiger partial charge in [-0.25, -0.2) is 4.98 Å². The van der Waals surface area contributed by atoms with Crippen LogP contribution >= 0.6 is 0 Å². The lowest BCUT2D eigenvalue weighted by molar-refractivity contribution is 0.0313. The number of aliphatic hydroxyl groups is 1. The van der Waals surface area contributed by atoms with Crippen LogP contribution in [0, 0.1) is 17.8 Å². The van der Waals surface area contributed by atoms with Crippen LogP contribution in [0.15, 0.2) is 36.8 Å². The molecule has 3 rings (SSSR count). The lowest BCUT2D eigenvalue weighted by Crippen LogP contribution is -2.50. The molecular formula is C26H33N5O4. The SMILES string of the molecule is C[C@@H]1CN([C@@H](C)CO)C(=O)c2cc(C#CCN(C)C)cnc2O[C@H]1CN(C)C(=O)c1cccnc1. The van der Waals surface area contributed by atoms with Gasteiger partial charge in [0.05, 0.1) is 31.3 Å². The first kappa shape index (κ1) is 26.1. The van der Waals surface area contributed by atoms with Gasteiger partial charge < -0.3 is 19.6 Å². The molecule has 0 fully saturated rings. The normalized spacial score (nSPS) is 18.5. The molecule has 2 amide bonds. The average Bonchev–Trinajstić information content (AvgIpc) is 2.85. The van der Waals surface area contributed by atoms with Gasteiger partial charge in [0.25, 0.3) is 11.8 Å². The maximum atomic E-state index is 13.5. The standard InChI is InChI=1S/C26H33N5O4/c1-18-15-31(19(2)17-32)26(34)22-12-20(8-7-11-29(3)4)13-28-24(22)35-23(18)16-30(5)25(33)21-9-6-10-27-14-21/h6,9-10,12-14,18-19,23,32H,11,15-17H2,1-5H3/t18-,19+,23+/m1/s1. The monoisotopic (exact) mass is 479 g/mol. The van der Waals surface area contributed by atoms with Crippen LogP contribution in [-0.4, -0.2) is 101 Å². The quantitative estimate of drug-likeness (QED) is 0.625. The van der Waals surface area contributed by atoms with Crippen molar-refractivity contribution >= 4 is 11.8 Å². The van der Waals surface area contributed by atoms with E-state index in [0.29, 0.717) is 29.8 Å². The number of aromatic nitrogens is 2. The zero-order valence-electron chi connectivity index (χ0n) is 20.9. The van der Waals surface area contributed by atoms with E-state index in [-0.39, 0.29) is 36.8 Å². The molecule has 2 aromatic rings. The van der Waals surface area contributed by atoms with Crippen molar-refractivity contribution in [2.24, 2.45) is 5.92 Å². The molecule has 1 N–H and O–H groups in total. The Bertz CT molecular complexity index is 1100. The van der Waals surface area contributed by atoms with Crippen molar-refractivity contribution in [3.63, 3.8) is 0 Å². The van der Waals surface area contributed by atoms with Gasteiger partial charge in [-0.1, -0.05) is 18.8 Å². The van der Waals surface area contributed by atoms with Crippen LogP contribution in [0.5, 0.6) is 5.88 Å². The van der Waals surface area contributed by atoms with Gasteiger partial charge in [-0.05, 0) is 39.2 Å². The largest absolute Gasteiger partial charge is 0.472 e. The molecule has 2 aromatic heterocycles. The van der Waals surface area contributed by atoms with E-state index < -0.39 is 12.1 Å². The maximum absolute atomic E-state index is 13.5. The molecule has 0 spiro atoms. The molecule has 0 aliphatic carbocycles. The van der Waals surface area contributed by atoms with E-state index >= 15 is 0 Å². The number of pyridine rings is 2. The number of hydrogen-bond acceptors (Lipinski definition) is 7. The van der Waals surface area contributed by atoms with Crippen molar-refractivity contribution < 1.29 is 19.4 Å². The Labute approximate surface area is 206 Å². The van der Waals surface area contributed by atoms with Crippen molar-refractivity contribution in [3.05, 3.63) is 53.5 Å². The fraction of sp³-hybridized carbons (Fsp3) is 0.462. The van der Waals surface area contributed by atoms with Crippen LogP contribution in [0.4, 0.5) is 0 Å². The summed E-state index contributed by atoms with van der Waals surface area (Å²) in [6.45, 7) is 4.81. The first-order valence-corrected chi connectivity index (χ1v) is 11.6. The molecular weight excluding hydrogens is 446 g/mol. The minimum Gasteiger partial charge on any atom is -0.472 e. The number of nitrogens with zero attached hydrogens (tertiary/aromatic N) is 5. The minimum absolute atomic E-state index is 0.133. The Morgan fingerprint density at radius 3 is 2.77 bits per heavy atom. The van der Waals surface area contributed by atoms with E-state index in [4.69, 9.17) is 4.74 Å². The van der Waals surface area contributed by atoms with Crippen LogP contribution in [0.2, 0.25) is 0 Å². The summed E-state index contributed by atoms with van der Waals surface area (Å²) in [7, 11) is 5.56.